The molecule has 0 amide bonds. The molecule has 116 valence electrons. The maximum Gasteiger partial charge on any atom is 0.327 e. The molecule has 1 aliphatic rings. The molecule has 1 heterocycles. The van der Waals surface area contributed by atoms with Gasteiger partial charge in [-0.05, 0) is 36.7 Å². The van der Waals surface area contributed by atoms with E-state index in [1.807, 2.05) is 18.2 Å². The number of hydrogen-bond donors (Lipinski definition) is 1. The van der Waals surface area contributed by atoms with E-state index < -0.39 is 6.04 Å². The maximum atomic E-state index is 12.3. The topological polar surface area (TPSA) is 50.8 Å². The van der Waals surface area contributed by atoms with E-state index in [0.717, 1.165) is 48.4 Å². The van der Waals surface area contributed by atoms with Crippen LogP contribution in [0.1, 0.15) is 18.0 Å². The van der Waals surface area contributed by atoms with Crippen molar-refractivity contribution >= 4 is 21.9 Å². The summed E-state index contributed by atoms with van der Waals surface area (Å²) in [5, 5.41) is 3.35. The molecule has 1 aromatic carbocycles. The predicted molar refractivity (Wildman–Crippen MR) is 84.5 cm³/mol. The third kappa shape index (κ3) is 3.96. The average molecular weight is 357 g/mol. The fourth-order valence-electron chi connectivity index (χ4n) is 2.57. The van der Waals surface area contributed by atoms with Gasteiger partial charge in [0.25, 0.3) is 0 Å². The molecular weight excluding hydrogens is 336 g/mol. The Morgan fingerprint density at radius 2 is 2.14 bits per heavy atom. The summed E-state index contributed by atoms with van der Waals surface area (Å²) in [7, 11) is 3.05. The van der Waals surface area contributed by atoms with E-state index in [1.165, 1.54) is 7.11 Å². The van der Waals surface area contributed by atoms with Gasteiger partial charge in [0.15, 0.2) is 0 Å². The molecule has 0 spiro atoms. The first-order chi connectivity index (χ1) is 10.2. The minimum atomic E-state index is -0.417. The second-order valence-corrected chi connectivity index (χ2v) is 5.81. The number of nitrogens with one attached hydrogen (secondary N) is 1. The number of esters is 1. The summed E-state index contributed by atoms with van der Waals surface area (Å²) < 4.78 is 11.2. The summed E-state index contributed by atoms with van der Waals surface area (Å²) in [6.07, 6.45) is 1.01. The quantitative estimate of drug-likeness (QED) is 0.835. The third-order valence-electron chi connectivity index (χ3n) is 3.66. The lowest BCUT2D eigenvalue weighted by molar-refractivity contribution is -0.147. The van der Waals surface area contributed by atoms with Gasteiger partial charge < -0.3 is 14.8 Å². The minimum absolute atomic E-state index is 0.245. The number of carbonyl (C=O) groups is 1. The Hall–Kier alpha value is -1.11. The van der Waals surface area contributed by atoms with E-state index in [0.29, 0.717) is 0 Å². The van der Waals surface area contributed by atoms with Crippen LogP contribution in [-0.2, 0) is 9.53 Å². The van der Waals surface area contributed by atoms with Crippen LogP contribution in [0.5, 0.6) is 5.75 Å². The molecule has 0 radical (unpaired) electrons. The first-order valence-corrected chi connectivity index (χ1v) is 7.82. The summed E-state index contributed by atoms with van der Waals surface area (Å²) in [6, 6.07) is 5.25. The molecule has 2 rings (SSSR count). The normalized spacial score (nSPS) is 17.9. The molecule has 1 aromatic rings. The Kier molecular flexibility index (Phi) is 6.02. The molecule has 1 saturated heterocycles. The first-order valence-electron chi connectivity index (χ1n) is 7.03. The maximum absolute atomic E-state index is 12.3. The zero-order valence-corrected chi connectivity index (χ0v) is 14.0. The molecule has 1 fully saturated rings. The van der Waals surface area contributed by atoms with Crippen molar-refractivity contribution in [1.82, 2.24) is 10.2 Å². The lowest BCUT2D eigenvalue weighted by atomic mass is 10.0. The molecule has 1 N–H and O–H groups in total. The second kappa shape index (κ2) is 7.77. The third-order valence-corrected chi connectivity index (χ3v) is 4.38. The van der Waals surface area contributed by atoms with Gasteiger partial charge in [0.05, 0.1) is 14.2 Å². The summed E-state index contributed by atoms with van der Waals surface area (Å²) in [4.78, 5) is 14.5. The summed E-state index contributed by atoms with van der Waals surface area (Å²) >= 11 is 3.54. The zero-order chi connectivity index (χ0) is 15.2. The van der Waals surface area contributed by atoms with Crippen LogP contribution in [0.25, 0.3) is 0 Å². The van der Waals surface area contributed by atoms with Crippen LogP contribution < -0.4 is 10.1 Å². The van der Waals surface area contributed by atoms with Crippen LogP contribution in [-0.4, -0.2) is 51.3 Å². The molecule has 0 aromatic heterocycles. The molecule has 1 atom stereocenters. The number of hydrogen-bond acceptors (Lipinski definition) is 5. The minimum Gasteiger partial charge on any atom is -0.497 e. The van der Waals surface area contributed by atoms with Crippen molar-refractivity contribution in [2.24, 2.45) is 0 Å². The van der Waals surface area contributed by atoms with Crippen LogP contribution in [0.3, 0.4) is 0 Å². The summed E-state index contributed by atoms with van der Waals surface area (Å²) in [5.41, 5.74) is 0.878. The van der Waals surface area contributed by atoms with Gasteiger partial charge in [0.2, 0.25) is 0 Å². The standard InChI is InChI=1S/C15H21BrN2O3/c1-20-11-4-5-13(16)12(10-11)14(15(19)21-2)18-8-3-6-17-7-9-18/h4-5,10,14,17H,3,6-9H2,1-2H3. The van der Waals surface area contributed by atoms with Gasteiger partial charge in [0, 0.05) is 24.1 Å². The van der Waals surface area contributed by atoms with Crippen molar-refractivity contribution in [2.45, 2.75) is 12.5 Å². The van der Waals surface area contributed by atoms with Crippen LogP contribution in [0, 0.1) is 0 Å². The Balaban J connectivity index is 2.37. The van der Waals surface area contributed by atoms with Gasteiger partial charge in [-0.15, -0.1) is 0 Å². The zero-order valence-electron chi connectivity index (χ0n) is 12.4. The highest BCUT2D eigenvalue weighted by Gasteiger charge is 2.30. The van der Waals surface area contributed by atoms with Crippen molar-refractivity contribution < 1.29 is 14.3 Å². The molecule has 21 heavy (non-hydrogen) atoms. The van der Waals surface area contributed by atoms with Crippen LogP contribution in [0.4, 0.5) is 0 Å². The highest BCUT2D eigenvalue weighted by molar-refractivity contribution is 9.10. The molecular formula is C15H21BrN2O3. The van der Waals surface area contributed by atoms with Crippen LogP contribution >= 0.6 is 15.9 Å². The van der Waals surface area contributed by atoms with E-state index in [2.05, 4.69) is 26.1 Å². The van der Waals surface area contributed by atoms with E-state index in [-0.39, 0.29) is 5.97 Å². The number of carbonyl (C=O) groups excluding carboxylic acids is 1. The van der Waals surface area contributed by atoms with Gasteiger partial charge >= 0.3 is 5.97 Å². The molecule has 1 aliphatic heterocycles. The Bertz CT molecular complexity index is 488. The highest BCUT2D eigenvalue weighted by Crippen LogP contribution is 2.32. The van der Waals surface area contributed by atoms with E-state index in [1.54, 1.807) is 7.11 Å². The molecule has 1 unspecified atom stereocenters. The van der Waals surface area contributed by atoms with Crippen molar-refractivity contribution in [3.05, 3.63) is 28.2 Å². The largest absolute Gasteiger partial charge is 0.497 e. The summed E-state index contributed by atoms with van der Waals surface area (Å²) in [5.74, 6) is 0.487. The molecule has 0 bridgehead atoms. The Morgan fingerprint density at radius 3 is 2.86 bits per heavy atom. The smallest absolute Gasteiger partial charge is 0.327 e. The lowest BCUT2D eigenvalue weighted by Crippen LogP contribution is -2.37. The number of halogens is 1. The van der Waals surface area contributed by atoms with Crippen molar-refractivity contribution in [2.75, 3.05) is 40.4 Å². The van der Waals surface area contributed by atoms with E-state index in [9.17, 15) is 4.79 Å². The van der Waals surface area contributed by atoms with Gasteiger partial charge in [0.1, 0.15) is 11.8 Å². The molecule has 0 aliphatic carbocycles. The molecule has 5 nitrogen and oxygen atoms in total. The molecule has 0 saturated carbocycles. The summed E-state index contributed by atoms with van der Waals surface area (Å²) in [6.45, 7) is 3.51. The van der Waals surface area contributed by atoms with Crippen molar-refractivity contribution in [1.29, 1.82) is 0 Å². The average Bonchev–Trinajstić information content (AvgIpc) is 2.78. The van der Waals surface area contributed by atoms with Crippen molar-refractivity contribution in [3.63, 3.8) is 0 Å². The first kappa shape index (κ1) is 16.3. The Morgan fingerprint density at radius 1 is 1.33 bits per heavy atom. The van der Waals surface area contributed by atoms with Crippen LogP contribution in [0.15, 0.2) is 22.7 Å². The number of nitrogens with zero attached hydrogens (tertiary/aromatic N) is 1. The molecule has 6 heteroatoms. The Labute approximate surface area is 133 Å². The monoisotopic (exact) mass is 356 g/mol. The number of benzene rings is 1. The number of rotatable bonds is 4. The van der Waals surface area contributed by atoms with Gasteiger partial charge in [-0.25, -0.2) is 4.79 Å². The van der Waals surface area contributed by atoms with Gasteiger partial charge in [-0.3, -0.25) is 4.90 Å². The predicted octanol–water partition coefficient (Wildman–Crippen LogP) is 1.97. The number of methoxy groups -OCH3 is 2. The fourth-order valence-corrected chi connectivity index (χ4v) is 3.03. The van der Waals surface area contributed by atoms with Crippen molar-refractivity contribution in [3.8, 4) is 5.75 Å². The van der Waals surface area contributed by atoms with E-state index in [4.69, 9.17) is 9.47 Å². The van der Waals surface area contributed by atoms with Gasteiger partial charge in [-0.1, -0.05) is 15.9 Å². The second-order valence-electron chi connectivity index (χ2n) is 4.95. The van der Waals surface area contributed by atoms with E-state index >= 15 is 0 Å². The number of ether oxygens (including phenoxy) is 2. The lowest BCUT2D eigenvalue weighted by Gasteiger charge is -2.29. The van der Waals surface area contributed by atoms with Gasteiger partial charge in [-0.2, -0.15) is 0 Å². The van der Waals surface area contributed by atoms with Crippen LogP contribution in [0.2, 0.25) is 0 Å². The fraction of sp³-hybridized carbons (Fsp3) is 0.533. The SMILES string of the molecule is COC(=O)C(c1cc(OC)ccc1Br)N1CCCNCC1. The highest BCUT2D eigenvalue weighted by atomic mass is 79.9.